The van der Waals surface area contributed by atoms with Gasteiger partial charge in [0, 0.05) is 31.9 Å². The number of aromatic nitrogens is 2. The predicted octanol–water partition coefficient (Wildman–Crippen LogP) is 1.99. The average molecular weight is 323 g/mol. The van der Waals surface area contributed by atoms with Gasteiger partial charge in [0.25, 0.3) is 0 Å². The van der Waals surface area contributed by atoms with E-state index in [1.54, 1.807) is 18.3 Å². The minimum Gasteiger partial charge on any atom is -0.492 e. The van der Waals surface area contributed by atoms with E-state index in [-0.39, 0.29) is 0 Å². The zero-order chi connectivity index (χ0) is 16.6. The molecule has 2 heterocycles. The number of nitrogens with zero attached hydrogens (tertiary/aromatic N) is 4. The third kappa shape index (κ3) is 4.43. The molecule has 0 aliphatic carbocycles. The smallest absolute Gasteiger partial charge is 0.151 e. The first kappa shape index (κ1) is 16.2. The number of hydrogen-bond acceptors (Lipinski definition) is 6. The minimum atomic E-state index is 0.426. The zero-order valence-electron chi connectivity index (χ0n) is 13.6. The number of ether oxygens (including phenoxy) is 1. The summed E-state index contributed by atoms with van der Waals surface area (Å²) in [5, 5.41) is 20.6. The van der Waals surface area contributed by atoms with Crippen LogP contribution in [-0.4, -0.2) is 42.5 Å². The molecule has 0 saturated carbocycles. The number of nitriles is 1. The van der Waals surface area contributed by atoms with Crippen LogP contribution in [0.1, 0.15) is 18.4 Å². The van der Waals surface area contributed by atoms with Crippen LogP contribution in [0.4, 0.5) is 5.82 Å². The molecule has 1 aromatic heterocycles. The summed E-state index contributed by atoms with van der Waals surface area (Å²) in [7, 11) is 0. The van der Waals surface area contributed by atoms with Crippen LogP contribution in [0.25, 0.3) is 0 Å². The molecule has 1 atom stereocenters. The maximum Gasteiger partial charge on any atom is 0.151 e. The second kappa shape index (κ2) is 8.27. The van der Waals surface area contributed by atoms with Gasteiger partial charge < -0.3 is 15.0 Å². The van der Waals surface area contributed by atoms with Crippen molar-refractivity contribution in [1.82, 2.24) is 15.5 Å². The lowest BCUT2D eigenvalue weighted by Gasteiger charge is -2.33. The predicted molar refractivity (Wildman–Crippen MR) is 91.9 cm³/mol. The van der Waals surface area contributed by atoms with Crippen molar-refractivity contribution in [2.45, 2.75) is 18.9 Å². The Bertz CT molecular complexity index is 685. The molecule has 2 aromatic rings. The van der Waals surface area contributed by atoms with Crippen molar-refractivity contribution in [1.29, 1.82) is 5.26 Å². The number of nitrogens with one attached hydrogen (secondary N) is 1. The van der Waals surface area contributed by atoms with Crippen LogP contribution in [0.15, 0.2) is 42.6 Å². The molecular formula is C18H21N5O. The second-order valence-corrected chi connectivity index (χ2v) is 5.81. The van der Waals surface area contributed by atoms with Crippen molar-refractivity contribution in [2.75, 3.05) is 31.1 Å². The Morgan fingerprint density at radius 2 is 2.29 bits per heavy atom. The molecule has 1 aromatic carbocycles. The topological polar surface area (TPSA) is 74.1 Å². The molecule has 1 aliphatic rings. The number of rotatable bonds is 6. The Morgan fingerprint density at radius 1 is 1.33 bits per heavy atom. The van der Waals surface area contributed by atoms with Crippen LogP contribution < -0.4 is 15.0 Å². The van der Waals surface area contributed by atoms with E-state index in [2.05, 4.69) is 26.5 Å². The second-order valence-electron chi connectivity index (χ2n) is 5.81. The van der Waals surface area contributed by atoms with E-state index in [4.69, 9.17) is 10.00 Å². The Morgan fingerprint density at radius 3 is 3.12 bits per heavy atom. The van der Waals surface area contributed by atoms with Gasteiger partial charge in [-0.1, -0.05) is 6.07 Å². The minimum absolute atomic E-state index is 0.426. The van der Waals surface area contributed by atoms with E-state index >= 15 is 0 Å². The molecule has 0 spiro atoms. The van der Waals surface area contributed by atoms with Gasteiger partial charge in [0.05, 0.1) is 11.6 Å². The van der Waals surface area contributed by atoms with E-state index in [1.807, 2.05) is 24.3 Å². The van der Waals surface area contributed by atoms with Gasteiger partial charge in [-0.05, 0) is 43.2 Å². The molecule has 124 valence electrons. The summed E-state index contributed by atoms with van der Waals surface area (Å²) in [4.78, 5) is 2.27. The SMILES string of the molecule is N#Cc1cccc(OCCN[C@@H]2CCCN(c3cccnn3)C2)c1. The zero-order valence-corrected chi connectivity index (χ0v) is 13.6. The summed E-state index contributed by atoms with van der Waals surface area (Å²) in [5.41, 5.74) is 0.618. The Labute approximate surface area is 142 Å². The fraction of sp³-hybridized carbons (Fsp3) is 0.389. The molecule has 1 saturated heterocycles. The van der Waals surface area contributed by atoms with Gasteiger partial charge in [0.1, 0.15) is 12.4 Å². The number of hydrogen-bond donors (Lipinski definition) is 1. The molecule has 1 aliphatic heterocycles. The molecule has 1 fully saturated rings. The maximum atomic E-state index is 8.89. The molecule has 3 rings (SSSR count). The normalized spacial score (nSPS) is 17.3. The van der Waals surface area contributed by atoms with E-state index in [0.29, 0.717) is 18.2 Å². The van der Waals surface area contributed by atoms with E-state index < -0.39 is 0 Å². The van der Waals surface area contributed by atoms with Crippen molar-refractivity contribution in [2.24, 2.45) is 0 Å². The highest BCUT2D eigenvalue weighted by Gasteiger charge is 2.20. The van der Waals surface area contributed by atoms with Crippen molar-refractivity contribution < 1.29 is 4.74 Å². The van der Waals surface area contributed by atoms with E-state index in [1.165, 1.54) is 0 Å². The van der Waals surface area contributed by atoms with Crippen molar-refractivity contribution in [3.63, 3.8) is 0 Å². The average Bonchev–Trinajstić information content (AvgIpc) is 2.66. The van der Waals surface area contributed by atoms with Crippen LogP contribution in [0.3, 0.4) is 0 Å². The highest BCUT2D eigenvalue weighted by molar-refractivity contribution is 5.37. The van der Waals surface area contributed by atoms with Gasteiger partial charge in [-0.2, -0.15) is 10.4 Å². The van der Waals surface area contributed by atoms with E-state index in [9.17, 15) is 0 Å². The maximum absolute atomic E-state index is 8.89. The summed E-state index contributed by atoms with van der Waals surface area (Å²) in [5.74, 6) is 1.68. The Hall–Kier alpha value is -2.65. The fourth-order valence-electron chi connectivity index (χ4n) is 2.90. The monoisotopic (exact) mass is 323 g/mol. The van der Waals surface area contributed by atoms with Crippen molar-refractivity contribution >= 4 is 5.82 Å². The molecule has 0 bridgehead atoms. The van der Waals surface area contributed by atoms with Gasteiger partial charge in [-0.25, -0.2) is 0 Å². The summed E-state index contributed by atoms with van der Waals surface area (Å²) in [6.45, 7) is 3.31. The van der Waals surface area contributed by atoms with Crippen LogP contribution in [-0.2, 0) is 0 Å². The molecule has 6 heteroatoms. The molecule has 1 N–H and O–H groups in total. The number of anilines is 1. The third-order valence-corrected chi connectivity index (χ3v) is 4.07. The van der Waals surface area contributed by atoms with Gasteiger partial charge in [-0.15, -0.1) is 5.10 Å². The summed E-state index contributed by atoms with van der Waals surface area (Å²) >= 11 is 0. The van der Waals surface area contributed by atoms with Gasteiger partial charge in [0.2, 0.25) is 0 Å². The molecule has 24 heavy (non-hydrogen) atoms. The first-order valence-corrected chi connectivity index (χ1v) is 8.24. The Kier molecular flexibility index (Phi) is 5.59. The lowest BCUT2D eigenvalue weighted by molar-refractivity contribution is 0.297. The Balaban J connectivity index is 1.42. The highest BCUT2D eigenvalue weighted by atomic mass is 16.5. The van der Waals surface area contributed by atoms with Gasteiger partial charge in [-0.3, -0.25) is 0 Å². The molecule has 0 radical (unpaired) electrons. The van der Waals surface area contributed by atoms with Gasteiger partial charge >= 0.3 is 0 Å². The molecule has 0 amide bonds. The summed E-state index contributed by atoms with van der Waals surface area (Å²) in [6.07, 6.45) is 3.99. The van der Waals surface area contributed by atoms with E-state index in [0.717, 1.165) is 44.0 Å². The number of piperidine rings is 1. The third-order valence-electron chi connectivity index (χ3n) is 4.07. The first-order valence-electron chi connectivity index (χ1n) is 8.24. The summed E-state index contributed by atoms with van der Waals surface area (Å²) < 4.78 is 5.70. The lowest BCUT2D eigenvalue weighted by Crippen LogP contribution is -2.47. The van der Waals surface area contributed by atoms with Crippen LogP contribution >= 0.6 is 0 Å². The van der Waals surface area contributed by atoms with Crippen LogP contribution in [0.5, 0.6) is 5.75 Å². The highest BCUT2D eigenvalue weighted by Crippen LogP contribution is 2.16. The van der Waals surface area contributed by atoms with Crippen molar-refractivity contribution in [3.8, 4) is 11.8 Å². The lowest BCUT2D eigenvalue weighted by atomic mass is 10.1. The van der Waals surface area contributed by atoms with Crippen LogP contribution in [0.2, 0.25) is 0 Å². The number of benzene rings is 1. The molecular weight excluding hydrogens is 302 g/mol. The van der Waals surface area contributed by atoms with Crippen molar-refractivity contribution in [3.05, 3.63) is 48.2 Å². The largest absolute Gasteiger partial charge is 0.492 e. The first-order chi connectivity index (χ1) is 11.8. The molecule has 6 nitrogen and oxygen atoms in total. The molecule has 0 unspecified atom stereocenters. The quantitative estimate of drug-likeness (QED) is 0.820. The fourth-order valence-corrected chi connectivity index (χ4v) is 2.90. The standard InChI is InChI=1S/C18H21N5O/c19-13-15-4-1-6-17(12-15)24-11-9-20-16-5-3-10-23(14-16)18-7-2-8-21-22-18/h1-2,4,6-8,12,16,20H,3,5,9-11,14H2/t16-/m1/s1. The summed E-state index contributed by atoms with van der Waals surface area (Å²) in [6, 6.07) is 13.7. The van der Waals surface area contributed by atoms with Gasteiger partial charge in [0.15, 0.2) is 5.82 Å². The van der Waals surface area contributed by atoms with Crippen LogP contribution in [0, 0.1) is 11.3 Å².